The van der Waals surface area contributed by atoms with Gasteiger partial charge in [0.25, 0.3) is 0 Å². The quantitative estimate of drug-likeness (QED) is 0.701. The second-order valence-electron chi connectivity index (χ2n) is 3.24. The van der Waals surface area contributed by atoms with Crippen molar-refractivity contribution in [2.24, 2.45) is 5.92 Å². The number of carboxylic acid groups (broad SMARTS) is 1. The van der Waals surface area contributed by atoms with E-state index in [4.69, 9.17) is 5.11 Å². The second-order valence-corrected chi connectivity index (χ2v) is 3.24. The van der Waals surface area contributed by atoms with Gasteiger partial charge in [-0.1, -0.05) is 18.2 Å². The number of hydrogen-bond donors (Lipinski definition) is 1. The maximum absolute atomic E-state index is 13.0. The average molecular weight is 196 g/mol. The zero-order valence-corrected chi connectivity index (χ0v) is 7.82. The van der Waals surface area contributed by atoms with Gasteiger partial charge in [0.15, 0.2) is 0 Å². The van der Waals surface area contributed by atoms with E-state index in [1.165, 1.54) is 12.2 Å². The first-order chi connectivity index (χ1) is 6.65. The zero-order chi connectivity index (χ0) is 10.6. The van der Waals surface area contributed by atoms with E-state index in [1.807, 2.05) is 0 Å². The van der Waals surface area contributed by atoms with Gasteiger partial charge >= 0.3 is 5.97 Å². The summed E-state index contributed by atoms with van der Waals surface area (Å²) in [6.45, 7) is 3.49. The number of carboxylic acids is 1. The Hall–Kier alpha value is -1.38. The SMILES string of the molecule is C=CCC(C(=O)O)C1=CC(F)CC=C1. The van der Waals surface area contributed by atoms with Gasteiger partial charge < -0.3 is 5.11 Å². The van der Waals surface area contributed by atoms with E-state index < -0.39 is 18.1 Å². The maximum atomic E-state index is 13.0. The van der Waals surface area contributed by atoms with Crippen LogP contribution in [0.25, 0.3) is 0 Å². The Morgan fingerprint density at radius 2 is 2.57 bits per heavy atom. The molecule has 3 heteroatoms. The lowest BCUT2D eigenvalue weighted by molar-refractivity contribution is -0.140. The van der Waals surface area contributed by atoms with Crippen molar-refractivity contribution in [3.05, 3.63) is 36.5 Å². The molecule has 2 nitrogen and oxygen atoms in total. The van der Waals surface area contributed by atoms with Crippen molar-refractivity contribution in [1.29, 1.82) is 0 Å². The molecule has 0 heterocycles. The van der Waals surface area contributed by atoms with E-state index in [1.54, 1.807) is 12.2 Å². The minimum Gasteiger partial charge on any atom is -0.481 e. The summed E-state index contributed by atoms with van der Waals surface area (Å²) in [6.07, 6.45) is 5.87. The maximum Gasteiger partial charge on any atom is 0.311 e. The molecule has 0 amide bonds. The summed E-state index contributed by atoms with van der Waals surface area (Å²) in [7, 11) is 0. The molecule has 1 rings (SSSR count). The van der Waals surface area contributed by atoms with Gasteiger partial charge in [0.1, 0.15) is 6.17 Å². The molecule has 0 fully saturated rings. The molecule has 2 atom stereocenters. The fourth-order valence-electron chi connectivity index (χ4n) is 1.44. The molecule has 0 radical (unpaired) electrons. The van der Waals surface area contributed by atoms with Crippen molar-refractivity contribution in [1.82, 2.24) is 0 Å². The van der Waals surface area contributed by atoms with E-state index in [0.29, 0.717) is 18.4 Å². The van der Waals surface area contributed by atoms with E-state index >= 15 is 0 Å². The Morgan fingerprint density at radius 1 is 1.86 bits per heavy atom. The molecule has 0 bridgehead atoms. The van der Waals surface area contributed by atoms with Crippen molar-refractivity contribution >= 4 is 5.97 Å². The lowest BCUT2D eigenvalue weighted by Crippen LogP contribution is -2.17. The van der Waals surface area contributed by atoms with Gasteiger partial charge in [-0.25, -0.2) is 4.39 Å². The molecule has 0 aromatic rings. The van der Waals surface area contributed by atoms with Crippen LogP contribution in [-0.2, 0) is 4.79 Å². The highest BCUT2D eigenvalue weighted by Crippen LogP contribution is 2.23. The van der Waals surface area contributed by atoms with Gasteiger partial charge in [0, 0.05) is 6.42 Å². The molecule has 1 N–H and O–H groups in total. The summed E-state index contributed by atoms with van der Waals surface area (Å²) in [5.41, 5.74) is 0.538. The molecule has 1 aliphatic rings. The zero-order valence-electron chi connectivity index (χ0n) is 7.82. The fraction of sp³-hybridized carbons (Fsp3) is 0.364. The molecule has 0 aliphatic heterocycles. The van der Waals surface area contributed by atoms with Crippen LogP contribution in [0.3, 0.4) is 0 Å². The molecule has 0 aromatic heterocycles. The van der Waals surface area contributed by atoms with E-state index in [0.717, 1.165) is 0 Å². The molecular weight excluding hydrogens is 183 g/mol. The minimum absolute atomic E-state index is 0.332. The van der Waals surface area contributed by atoms with Gasteiger partial charge in [-0.15, -0.1) is 6.58 Å². The number of allylic oxidation sites excluding steroid dienone is 4. The third-order valence-electron chi connectivity index (χ3n) is 2.15. The smallest absolute Gasteiger partial charge is 0.311 e. The predicted molar refractivity (Wildman–Crippen MR) is 52.7 cm³/mol. The molecule has 1 aliphatic carbocycles. The Morgan fingerprint density at radius 3 is 3.07 bits per heavy atom. The Balaban J connectivity index is 2.82. The number of aliphatic carboxylic acids is 1. The number of rotatable bonds is 4. The van der Waals surface area contributed by atoms with Crippen molar-refractivity contribution < 1.29 is 14.3 Å². The van der Waals surface area contributed by atoms with E-state index in [9.17, 15) is 9.18 Å². The molecule has 14 heavy (non-hydrogen) atoms. The van der Waals surface area contributed by atoms with Crippen LogP contribution < -0.4 is 0 Å². The monoisotopic (exact) mass is 196 g/mol. The first-order valence-corrected chi connectivity index (χ1v) is 4.51. The normalized spacial score (nSPS) is 22.6. The average Bonchev–Trinajstić information content (AvgIpc) is 2.13. The van der Waals surface area contributed by atoms with Crippen LogP contribution in [0.5, 0.6) is 0 Å². The fourth-order valence-corrected chi connectivity index (χ4v) is 1.44. The molecule has 0 aromatic carbocycles. The summed E-state index contributed by atoms with van der Waals surface area (Å²) >= 11 is 0. The third kappa shape index (κ3) is 2.55. The van der Waals surface area contributed by atoms with Gasteiger partial charge in [-0.05, 0) is 18.1 Å². The topological polar surface area (TPSA) is 37.3 Å². The molecule has 0 saturated carbocycles. The van der Waals surface area contributed by atoms with Gasteiger partial charge in [0.2, 0.25) is 0 Å². The molecule has 0 saturated heterocycles. The Bertz CT molecular complexity index is 292. The summed E-state index contributed by atoms with van der Waals surface area (Å²) in [6, 6.07) is 0. The second kappa shape index (κ2) is 4.74. The van der Waals surface area contributed by atoms with Crippen molar-refractivity contribution in [2.45, 2.75) is 19.0 Å². The van der Waals surface area contributed by atoms with Crippen molar-refractivity contribution in [3.8, 4) is 0 Å². The van der Waals surface area contributed by atoms with Crippen LogP contribution in [0.1, 0.15) is 12.8 Å². The first-order valence-electron chi connectivity index (χ1n) is 4.51. The van der Waals surface area contributed by atoms with Gasteiger partial charge in [0.05, 0.1) is 5.92 Å². The predicted octanol–water partition coefficient (Wildman–Crippen LogP) is 2.49. The van der Waals surface area contributed by atoms with Crippen molar-refractivity contribution in [2.75, 3.05) is 0 Å². The molecular formula is C11H13FO2. The van der Waals surface area contributed by atoms with Crippen LogP contribution in [0.2, 0.25) is 0 Å². The summed E-state index contributed by atoms with van der Waals surface area (Å²) < 4.78 is 13.0. The highest BCUT2D eigenvalue weighted by atomic mass is 19.1. The van der Waals surface area contributed by atoms with Crippen molar-refractivity contribution in [3.63, 3.8) is 0 Å². The summed E-state index contributed by atoms with van der Waals surface area (Å²) in [4.78, 5) is 10.9. The summed E-state index contributed by atoms with van der Waals surface area (Å²) in [5, 5.41) is 8.90. The van der Waals surface area contributed by atoms with Crippen LogP contribution in [0.15, 0.2) is 36.5 Å². The lowest BCUT2D eigenvalue weighted by atomic mass is 9.91. The van der Waals surface area contributed by atoms with Crippen LogP contribution in [-0.4, -0.2) is 17.2 Å². The Kier molecular flexibility index (Phi) is 3.63. The van der Waals surface area contributed by atoms with Crippen LogP contribution in [0.4, 0.5) is 4.39 Å². The largest absolute Gasteiger partial charge is 0.481 e. The molecule has 0 spiro atoms. The third-order valence-corrected chi connectivity index (χ3v) is 2.15. The van der Waals surface area contributed by atoms with Gasteiger partial charge in [-0.2, -0.15) is 0 Å². The number of alkyl halides is 1. The number of halogens is 1. The molecule has 2 unspecified atom stereocenters. The highest BCUT2D eigenvalue weighted by molar-refractivity contribution is 5.75. The van der Waals surface area contributed by atoms with Gasteiger partial charge in [-0.3, -0.25) is 4.79 Å². The first kappa shape index (κ1) is 10.7. The van der Waals surface area contributed by atoms with Crippen LogP contribution >= 0.6 is 0 Å². The number of hydrogen-bond acceptors (Lipinski definition) is 1. The minimum atomic E-state index is -1.05. The van der Waals surface area contributed by atoms with E-state index in [-0.39, 0.29) is 0 Å². The lowest BCUT2D eigenvalue weighted by Gasteiger charge is -2.15. The number of carbonyl (C=O) groups is 1. The standard InChI is InChI=1S/C11H13FO2/c1-2-4-10(11(13)14)8-5-3-6-9(12)7-8/h2-3,5,7,9-10H,1,4,6H2,(H,13,14). The van der Waals surface area contributed by atoms with Crippen LogP contribution in [0, 0.1) is 5.92 Å². The Labute approximate surface area is 82.4 Å². The molecule has 76 valence electrons. The highest BCUT2D eigenvalue weighted by Gasteiger charge is 2.21. The summed E-state index contributed by atoms with van der Waals surface area (Å²) in [5.74, 6) is -1.60. The van der Waals surface area contributed by atoms with E-state index in [2.05, 4.69) is 6.58 Å².